The molecule has 1 N–H and O–H groups in total. The number of ether oxygens (including phenoxy) is 1. The van der Waals surface area contributed by atoms with Crippen molar-refractivity contribution in [3.05, 3.63) is 96.1 Å². The van der Waals surface area contributed by atoms with Crippen molar-refractivity contribution >= 4 is 15.9 Å². The lowest BCUT2D eigenvalue weighted by molar-refractivity contribution is -0.133. The topological polar surface area (TPSA) is 75.7 Å². The fourth-order valence-corrected chi connectivity index (χ4v) is 4.40. The summed E-state index contributed by atoms with van der Waals surface area (Å²) in [4.78, 5) is 15.0. The maximum atomic E-state index is 13.2. The fraction of sp³-hybridized carbons (Fsp3) is 0.208. The van der Waals surface area contributed by atoms with E-state index in [1.807, 2.05) is 60.7 Å². The van der Waals surface area contributed by atoms with Crippen LogP contribution in [-0.4, -0.2) is 32.4 Å². The molecule has 0 radical (unpaired) electrons. The van der Waals surface area contributed by atoms with Gasteiger partial charge in [0.25, 0.3) is 0 Å². The molecule has 0 saturated carbocycles. The minimum atomic E-state index is -3.86. The van der Waals surface area contributed by atoms with E-state index in [1.54, 1.807) is 24.0 Å². The summed E-state index contributed by atoms with van der Waals surface area (Å²) in [6.45, 7) is 2.32. The van der Waals surface area contributed by atoms with E-state index in [2.05, 4.69) is 4.72 Å². The van der Waals surface area contributed by atoms with Crippen LogP contribution in [0.25, 0.3) is 0 Å². The van der Waals surface area contributed by atoms with Gasteiger partial charge in [-0.05, 0) is 42.3 Å². The number of rotatable bonds is 9. The summed E-state index contributed by atoms with van der Waals surface area (Å²) >= 11 is 0. The second-order valence-corrected chi connectivity index (χ2v) is 8.90. The second-order valence-electron chi connectivity index (χ2n) is 7.18. The maximum Gasteiger partial charge on any atom is 0.241 e. The molecular formula is C24H26N2O4S. The molecule has 162 valence electrons. The van der Waals surface area contributed by atoms with Gasteiger partial charge in [-0.3, -0.25) is 4.79 Å². The standard InChI is InChI=1S/C24H26N2O4S/c1-19(25-31(28,29)23-15-13-22(30-2)14-16-23)24(27)26(17-20-9-5-3-6-10-20)18-21-11-7-4-8-12-21/h3-16,19,25H,17-18H2,1-2H3/t19-/m0/s1. The Bertz CT molecular complexity index is 1040. The number of hydrogen-bond acceptors (Lipinski definition) is 4. The first kappa shape index (κ1) is 22.5. The molecule has 0 aliphatic heterocycles. The minimum Gasteiger partial charge on any atom is -0.497 e. The zero-order chi connectivity index (χ0) is 22.3. The molecule has 0 aliphatic carbocycles. The molecular weight excluding hydrogens is 412 g/mol. The Morgan fingerprint density at radius 2 is 1.35 bits per heavy atom. The molecule has 0 heterocycles. The highest BCUT2D eigenvalue weighted by Crippen LogP contribution is 2.17. The van der Waals surface area contributed by atoms with Crippen LogP contribution in [0.1, 0.15) is 18.1 Å². The predicted octanol–water partition coefficient (Wildman–Crippen LogP) is 3.59. The lowest BCUT2D eigenvalue weighted by atomic mass is 10.1. The number of carbonyl (C=O) groups excluding carboxylic acids is 1. The summed E-state index contributed by atoms with van der Waals surface area (Å²) in [6.07, 6.45) is 0. The number of amides is 1. The van der Waals surface area contributed by atoms with Crippen LogP contribution in [0.4, 0.5) is 0 Å². The van der Waals surface area contributed by atoms with Crippen LogP contribution in [-0.2, 0) is 27.9 Å². The van der Waals surface area contributed by atoms with Gasteiger partial charge in [0.15, 0.2) is 0 Å². The van der Waals surface area contributed by atoms with Crippen molar-refractivity contribution in [2.45, 2.75) is 31.0 Å². The summed E-state index contributed by atoms with van der Waals surface area (Å²) in [6, 6.07) is 24.4. The van der Waals surface area contributed by atoms with Gasteiger partial charge < -0.3 is 9.64 Å². The van der Waals surface area contributed by atoms with Crippen molar-refractivity contribution in [2.75, 3.05) is 7.11 Å². The second kappa shape index (κ2) is 10.2. The van der Waals surface area contributed by atoms with Crippen molar-refractivity contribution in [3.63, 3.8) is 0 Å². The molecule has 0 aliphatic rings. The third-order valence-electron chi connectivity index (χ3n) is 4.82. The number of nitrogens with zero attached hydrogens (tertiary/aromatic N) is 1. The maximum absolute atomic E-state index is 13.2. The molecule has 0 unspecified atom stereocenters. The quantitative estimate of drug-likeness (QED) is 0.554. The number of carbonyl (C=O) groups is 1. The summed E-state index contributed by atoms with van der Waals surface area (Å²) < 4.78 is 33.1. The number of benzene rings is 3. The van der Waals surface area contributed by atoms with Crippen LogP contribution in [0.2, 0.25) is 0 Å². The molecule has 3 rings (SSSR count). The van der Waals surface area contributed by atoms with E-state index in [-0.39, 0.29) is 10.8 Å². The van der Waals surface area contributed by atoms with E-state index in [0.29, 0.717) is 18.8 Å². The van der Waals surface area contributed by atoms with Crippen LogP contribution in [0.15, 0.2) is 89.8 Å². The summed E-state index contributed by atoms with van der Waals surface area (Å²) in [5, 5.41) is 0. The normalized spacial score (nSPS) is 12.2. The Morgan fingerprint density at radius 1 is 0.871 bits per heavy atom. The number of sulfonamides is 1. The van der Waals surface area contributed by atoms with E-state index >= 15 is 0 Å². The first-order valence-electron chi connectivity index (χ1n) is 9.92. The Kier molecular flexibility index (Phi) is 7.44. The van der Waals surface area contributed by atoms with Gasteiger partial charge >= 0.3 is 0 Å². The highest BCUT2D eigenvalue weighted by Gasteiger charge is 2.26. The Labute approximate surface area is 183 Å². The van der Waals surface area contributed by atoms with Crippen LogP contribution in [0, 0.1) is 0 Å². The van der Waals surface area contributed by atoms with Crippen molar-refractivity contribution < 1.29 is 17.9 Å². The predicted molar refractivity (Wildman–Crippen MR) is 120 cm³/mol. The molecule has 1 atom stereocenters. The molecule has 0 spiro atoms. The van der Waals surface area contributed by atoms with Gasteiger partial charge in [0.05, 0.1) is 18.0 Å². The zero-order valence-electron chi connectivity index (χ0n) is 17.6. The lowest BCUT2D eigenvalue weighted by Gasteiger charge is -2.26. The van der Waals surface area contributed by atoms with Gasteiger partial charge in [0.2, 0.25) is 15.9 Å². The van der Waals surface area contributed by atoms with Crippen LogP contribution in [0.3, 0.4) is 0 Å². The molecule has 0 saturated heterocycles. The van der Waals surface area contributed by atoms with E-state index in [9.17, 15) is 13.2 Å². The van der Waals surface area contributed by atoms with Gasteiger partial charge in [0.1, 0.15) is 5.75 Å². The first-order valence-corrected chi connectivity index (χ1v) is 11.4. The molecule has 0 aromatic heterocycles. The highest BCUT2D eigenvalue weighted by molar-refractivity contribution is 7.89. The third kappa shape index (κ3) is 6.16. The van der Waals surface area contributed by atoms with Crippen molar-refractivity contribution in [2.24, 2.45) is 0 Å². The summed E-state index contributed by atoms with van der Waals surface area (Å²) in [7, 11) is -2.35. The molecule has 31 heavy (non-hydrogen) atoms. The first-order chi connectivity index (χ1) is 14.9. The lowest BCUT2D eigenvalue weighted by Crippen LogP contribution is -2.46. The molecule has 0 fully saturated rings. The summed E-state index contributed by atoms with van der Waals surface area (Å²) in [5.74, 6) is 0.254. The fourth-order valence-electron chi connectivity index (χ4n) is 3.20. The van der Waals surface area contributed by atoms with Crippen LogP contribution >= 0.6 is 0 Å². The van der Waals surface area contributed by atoms with Gasteiger partial charge in [-0.1, -0.05) is 60.7 Å². The molecule has 0 bridgehead atoms. The van der Waals surface area contributed by atoms with Gasteiger partial charge in [-0.2, -0.15) is 4.72 Å². The van der Waals surface area contributed by atoms with Gasteiger partial charge in [-0.15, -0.1) is 0 Å². The Morgan fingerprint density at radius 3 is 1.81 bits per heavy atom. The highest BCUT2D eigenvalue weighted by atomic mass is 32.2. The van der Waals surface area contributed by atoms with E-state index in [0.717, 1.165) is 11.1 Å². The smallest absolute Gasteiger partial charge is 0.241 e. The van der Waals surface area contributed by atoms with Gasteiger partial charge in [0, 0.05) is 13.1 Å². The van der Waals surface area contributed by atoms with Crippen LogP contribution in [0.5, 0.6) is 5.75 Å². The monoisotopic (exact) mass is 438 g/mol. The van der Waals surface area contributed by atoms with Crippen LogP contribution < -0.4 is 9.46 Å². The zero-order valence-corrected chi connectivity index (χ0v) is 18.4. The number of methoxy groups -OCH3 is 1. The Balaban J connectivity index is 1.78. The SMILES string of the molecule is COc1ccc(S(=O)(=O)N[C@@H](C)C(=O)N(Cc2ccccc2)Cc2ccccc2)cc1. The van der Waals surface area contributed by atoms with Gasteiger partial charge in [-0.25, -0.2) is 8.42 Å². The summed E-state index contributed by atoms with van der Waals surface area (Å²) in [5.41, 5.74) is 1.94. The average Bonchev–Trinajstić information content (AvgIpc) is 2.79. The van der Waals surface area contributed by atoms with E-state index < -0.39 is 16.1 Å². The molecule has 3 aromatic carbocycles. The molecule has 6 nitrogen and oxygen atoms in total. The Hall–Kier alpha value is -3.16. The largest absolute Gasteiger partial charge is 0.497 e. The minimum absolute atomic E-state index is 0.0746. The third-order valence-corrected chi connectivity index (χ3v) is 6.37. The number of nitrogens with one attached hydrogen (secondary N) is 1. The molecule has 3 aromatic rings. The number of hydrogen-bond donors (Lipinski definition) is 1. The van der Waals surface area contributed by atoms with E-state index in [4.69, 9.17) is 4.74 Å². The van der Waals surface area contributed by atoms with Crippen molar-refractivity contribution in [1.82, 2.24) is 9.62 Å². The molecule has 7 heteroatoms. The van der Waals surface area contributed by atoms with E-state index in [1.165, 1.54) is 19.2 Å². The molecule has 1 amide bonds. The average molecular weight is 439 g/mol. The van der Waals surface area contributed by atoms with Crippen molar-refractivity contribution in [3.8, 4) is 5.75 Å². The van der Waals surface area contributed by atoms with Crippen molar-refractivity contribution in [1.29, 1.82) is 0 Å².